The maximum atomic E-state index is 13.1. The van der Waals surface area contributed by atoms with Gasteiger partial charge in [-0.05, 0) is 29.2 Å². The van der Waals surface area contributed by atoms with E-state index in [9.17, 15) is 15.0 Å². The van der Waals surface area contributed by atoms with Gasteiger partial charge in [-0.3, -0.25) is 4.79 Å². The fourth-order valence-corrected chi connectivity index (χ4v) is 5.46. The lowest BCUT2D eigenvalue weighted by molar-refractivity contribution is 0.101. The Morgan fingerprint density at radius 3 is 1.21 bits per heavy atom. The van der Waals surface area contributed by atoms with Crippen LogP contribution in [0, 0.1) is 0 Å². The van der Waals surface area contributed by atoms with E-state index in [1.165, 1.54) is 14.0 Å². The van der Waals surface area contributed by atoms with E-state index in [0.717, 1.165) is 22.3 Å². The first kappa shape index (κ1) is 25.8. The van der Waals surface area contributed by atoms with Crippen LogP contribution in [0.4, 0.5) is 0 Å². The van der Waals surface area contributed by atoms with E-state index in [2.05, 4.69) is 0 Å². The highest BCUT2D eigenvalue weighted by Crippen LogP contribution is 2.53. The first-order valence-electron chi connectivity index (χ1n) is 12.9. The Labute approximate surface area is 228 Å². The predicted molar refractivity (Wildman–Crippen MR) is 154 cm³/mol. The Morgan fingerprint density at radius 1 is 0.564 bits per heavy atom. The van der Waals surface area contributed by atoms with Crippen molar-refractivity contribution in [3.8, 4) is 17.2 Å². The third-order valence-corrected chi connectivity index (χ3v) is 7.14. The molecule has 0 aliphatic rings. The van der Waals surface area contributed by atoms with Crippen molar-refractivity contribution >= 4 is 5.78 Å². The van der Waals surface area contributed by atoms with Gasteiger partial charge in [0, 0.05) is 23.0 Å². The summed E-state index contributed by atoms with van der Waals surface area (Å²) in [6.45, 7) is 1.41. The number of hydrogen-bond donors (Lipinski definition) is 2. The van der Waals surface area contributed by atoms with Crippen LogP contribution in [-0.2, 0) is 0 Å². The fourth-order valence-electron chi connectivity index (χ4n) is 5.46. The van der Waals surface area contributed by atoms with Crippen molar-refractivity contribution in [2.24, 2.45) is 0 Å². The molecule has 0 bridgehead atoms. The second-order valence-electron chi connectivity index (χ2n) is 9.50. The highest BCUT2D eigenvalue weighted by atomic mass is 16.5. The van der Waals surface area contributed by atoms with E-state index >= 15 is 0 Å². The molecular weight excluding hydrogens is 484 g/mol. The number of Topliss-reactive ketones (excluding diaryl/α,β-unsaturated/α-hetero) is 1. The van der Waals surface area contributed by atoms with Gasteiger partial charge < -0.3 is 14.9 Å². The summed E-state index contributed by atoms with van der Waals surface area (Å²) in [6, 6.07) is 39.0. The summed E-state index contributed by atoms with van der Waals surface area (Å²) < 4.78 is 5.83. The molecule has 0 aromatic heterocycles. The summed E-state index contributed by atoms with van der Waals surface area (Å²) in [7, 11) is 1.46. The van der Waals surface area contributed by atoms with Gasteiger partial charge >= 0.3 is 0 Å². The monoisotopic (exact) mass is 514 g/mol. The Bertz CT molecular complexity index is 1480. The van der Waals surface area contributed by atoms with Gasteiger partial charge in [0.15, 0.2) is 5.78 Å². The summed E-state index contributed by atoms with van der Waals surface area (Å²) in [6.07, 6.45) is 0. The number of ketones is 1. The first-order valence-corrected chi connectivity index (χ1v) is 12.9. The molecule has 5 rings (SSSR count). The minimum atomic E-state index is -0.539. The molecular formula is C35H30O4. The van der Waals surface area contributed by atoms with Gasteiger partial charge in [-0.25, -0.2) is 0 Å². The smallest absolute Gasteiger partial charge is 0.167 e. The zero-order valence-corrected chi connectivity index (χ0v) is 21.9. The molecule has 5 aromatic rings. The summed E-state index contributed by atoms with van der Waals surface area (Å²) in [5.74, 6) is -1.58. The van der Waals surface area contributed by atoms with Crippen LogP contribution >= 0.6 is 0 Å². The van der Waals surface area contributed by atoms with Crippen molar-refractivity contribution < 1.29 is 19.7 Å². The SMILES string of the molecule is COc1c(C(C)=O)c(O)c(C(c2ccccc2)c2ccccc2)c(O)c1C(c1ccccc1)c1ccccc1. The van der Waals surface area contributed by atoms with Crippen LogP contribution in [0.1, 0.15) is 62.5 Å². The molecule has 0 aliphatic heterocycles. The molecule has 0 saturated carbocycles. The third kappa shape index (κ3) is 4.89. The highest BCUT2D eigenvalue weighted by Gasteiger charge is 2.36. The number of methoxy groups -OCH3 is 1. The van der Waals surface area contributed by atoms with Gasteiger partial charge in [0.25, 0.3) is 0 Å². The first-order chi connectivity index (χ1) is 19.0. The van der Waals surface area contributed by atoms with E-state index in [1.54, 1.807) is 0 Å². The van der Waals surface area contributed by atoms with Crippen molar-refractivity contribution in [2.75, 3.05) is 7.11 Å². The number of rotatable bonds is 8. The van der Waals surface area contributed by atoms with Gasteiger partial charge in [0.2, 0.25) is 0 Å². The number of phenols is 2. The van der Waals surface area contributed by atoms with Crippen LogP contribution in [0.5, 0.6) is 17.2 Å². The molecule has 0 heterocycles. The molecule has 0 amide bonds. The van der Waals surface area contributed by atoms with Crippen molar-refractivity contribution in [2.45, 2.75) is 18.8 Å². The lowest BCUT2D eigenvalue weighted by Gasteiger charge is -2.29. The Hall–Kier alpha value is -4.83. The maximum Gasteiger partial charge on any atom is 0.167 e. The van der Waals surface area contributed by atoms with E-state index in [4.69, 9.17) is 4.74 Å². The van der Waals surface area contributed by atoms with Crippen molar-refractivity contribution in [3.63, 3.8) is 0 Å². The number of carbonyl (C=O) groups is 1. The Balaban J connectivity index is 1.92. The van der Waals surface area contributed by atoms with Crippen molar-refractivity contribution in [1.82, 2.24) is 0 Å². The van der Waals surface area contributed by atoms with E-state index < -0.39 is 11.8 Å². The normalized spacial score (nSPS) is 11.1. The fraction of sp³-hybridized carbons (Fsp3) is 0.114. The topological polar surface area (TPSA) is 66.8 Å². The molecule has 0 saturated heterocycles. The van der Waals surface area contributed by atoms with Crippen LogP contribution < -0.4 is 4.74 Å². The summed E-state index contributed by atoms with van der Waals surface area (Å²) in [5.41, 5.74) is 4.33. The molecule has 5 aromatic carbocycles. The quantitative estimate of drug-likeness (QED) is 0.165. The zero-order chi connectivity index (χ0) is 27.4. The summed E-state index contributed by atoms with van der Waals surface area (Å²) in [4.78, 5) is 13.1. The second kappa shape index (κ2) is 11.3. The Kier molecular flexibility index (Phi) is 7.46. The van der Waals surface area contributed by atoms with Crippen molar-refractivity contribution in [3.05, 3.63) is 160 Å². The number of aromatic hydroxyl groups is 2. The van der Waals surface area contributed by atoms with Crippen molar-refractivity contribution in [1.29, 1.82) is 0 Å². The maximum absolute atomic E-state index is 13.1. The lowest BCUT2D eigenvalue weighted by atomic mass is 9.77. The number of hydrogen-bond acceptors (Lipinski definition) is 4. The van der Waals surface area contributed by atoms with E-state index in [0.29, 0.717) is 5.56 Å². The molecule has 0 spiro atoms. The second-order valence-corrected chi connectivity index (χ2v) is 9.50. The molecule has 0 unspecified atom stereocenters. The van der Waals surface area contributed by atoms with Crippen LogP contribution in [0.15, 0.2) is 121 Å². The van der Waals surface area contributed by atoms with Gasteiger partial charge in [-0.2, -0.15) is 0 Å². The third-order valence-electron chi connectivity index (χ3n) is 7.14. The minimum Gasteiger partial charge on any atom is -0.507 e. The lowest BCUT2D eigenvalue weighted by Crippen LogP contribution is -2.14. The number of phenolic OH excluding ortho intramolecular Hbond substituents is 2. The molecule has 4 heteroatoms. The molecule has 2 N–H and O–H groups in total. The summed E-state index contributed by atoms with van der Waals surface area (Å²) in [5, 5.41) is 24.0. The minimum absolute atomic E-state index is 0.0500. The molecule has 0 aliphatic carbocycles. The van der Waals surface area contributed by atoms with Gasteiger partial charge in [-0.1, -0.05) is 121 Å². The number of benzene rings is 5. The zero-order valence-electron chi connectivity index (χ0n) is 21.9. The molecule has 0 radical (unpaired) electrons. The van der Waals surface area contributed by atoms with Crippen LogP contribution in [0.25, 0.3) is 0 Å². The van der Waals surface area contributed by atoms with Gasteiger partial charge in [0.1, 0.15) is 22.8 Å². The summed E-state index contributed by atoms with van der Waals surface area (Å²) >= 11 is 0. The van der Waals surface area contributed by atoms with Gasteiger partial charge in [-0.15, -0.1) is 0 Å². The molecule has 39 heavy (non-hydrogen) atoms. The average molecular weight is 515 g/mol. The van der Waals surface area contributed by atoms with E-state index in [-0.39, 0.29) is 34.2 Å². The standard InChI is InChI=1S/C35H30O4/c1-23(36)28-33(37)31(29(24-15-7-3-8-16-24)25-17-9-4-10-18-25)34(38)32(35(28)39-2)30(26-19-11-5-12-20-26)27-21-13-6-14-22-27/h3-22,29-30,37-38H,1-2H3. The van der Waals surface area contributed by atoms with E-state index in [1.807, 2.05) is 121 Å². The average Bonchev–Trinajstić information content (AvgIpc) is 2.98. The van der Waals surface area contributed by atoms with Crippen LogP contribution in [0.3, 0.4) is 0 Å². The van der Waals surface area contributed by atoms with Crippen LogP contribution in [-0.4, -0.2) is 23.1 Å². The molecule has 0 atom stereocenters. The number of ether oxygens (including phenoxy) is 1. The van der Waals surface area contributed by atoms with Gasteiger partial charge in [0.05, 0.1) is 7.11 Å². The molecule has 0 fully saturated rings. The highest BCUT2D eigenvalue weighted by molar-refractivity contribution is 6.01. The predicted octanol–water partition coefficient (Wildman–Crippen LogP) is 7.67. The molecule has 194 valence electrons. The molecule has 4 nitrogen and oxygen atoms in total. The number of carbonyl (C=O) groups excluding carboxylic acids is 1. The largest absolute Gasteiger partial charge is 0.507 e. The van der Waals surface area contributed by atoms with Crippen LogP contribution in [0.2, 0.25) is 0 Å². The Morgan fingerprint density at radius 2 is 0.897 bits per heavy atom.